The van der Waals surface area contributed by atoms with Crippen molar-refractivity contribution >= 4 is 29.4 Å². The Labute approximate surface area is 310 Å². The van der Waals surface area contributed by atoms with Gasteiger partial charge in [0.1, 0.15) is 23.7 Å². The molecule has 0 unspecified atom stereocenters. The highest BCUT2D eigenvalue weighted by Crippen LogP contribution is 2.56. The van der Waals surface area contributed by atoms with Crippen LogP contribution >= 0.6 is 0 Å². The van der Waals surface area contributed by atoms with Crippen molar-refractivity contribution in [2.75, 3.05) is 25.1 Å². The van der Waals surface area contributed by atoms with Crippen LogP contribution in [0.25, 0.3) is 0 Å². The van der Waals surface area contributed by atoms with E-state index in [9.17, 15) is 14.7 Å². The molecule has 1 spiro atoms. The summed E-state index contributed by atoms with van der Waals surface area (Å²) in [6, 6.07) is 22.1. The van der Waals surface area contributed by atoms with E-state index in [4.69, 9.17) is 9.47 Å². The van der Waals surface area contributed by atoms with Gasteiger partial charge in [0.05, 0.1) is 30.7 Å². The van der Waals surface area contributed by atoms with Crippen LogP contribution in [0.1, 0.15) is 48.1 Å². The molecule has 53 heavy (non-hydrogen) atoms. The molecule has 0 saturated carbocycles. The fraction of sp³-hybridized carbons (Fsp3) is 0.395. The minimum Gasteiger partial charge on any atom is -0.455 e. The molecular formula is C43H47N3O7. The quantitative estimate of drug-likeness (QED) is 0.286. The lowest BCUT2D eigenvalue weighted by molar-refractivity contribution is -0.164. The number of carbonyl (C=O) groups is 4. The predicted molar refractivity (Wildman–Crippen MR) is 200 cm³/mol. The number of para-hydroxylation sites is 1. The van der Waals surface area contributed by atoms with Crippen molar-refractivity contribution in [3.8, 4) is 0 Å². The van der Waals surface area contributed by atoms with E-state index in [0.29, 0.717) is 17.7 Å². The van der Waals surface area contributed by atoms with E-state index in [-0.39, 0.29) is 31.2 Å². The summed E-state index contributed by atoms with van der Waals surface area (Å²) in [5.41, 5.74) is 2.56. The Hall–Kier alpha value is -5.06. The number of likely N-dealkylation sites (N-methyl/N-ethyl adjacent to an activating group) is 1. The van der Waals surface area contributed by atoms with Gasteiger partial charge in [-0.3, -0.25) is 19.2 Å². The number of nitrogens with zero attached hydrogens (tertiary/aromatic N) is 3. The Kier molecular flexibility index (Phi) is 10.1. The standard InChI is InChI=1S/C43H47N3O7/c1-27-15-14-16-28(2)37(27)45-24-13-7-12-21-34(48)44(4)29(3)38(31-19-10-6-11-20-31)52-42(51)35-33-22-23-43(53-33)36(35)40(49)46(39(43)41(45)50)32(26-47)25-30-17-8-5-9-18-30/h5-11,13-20,22-23,29,32-33,35-36,38-39,47H,12,21,24-26H2,1-4H3/b13-7-/t29-,32+,33+,35-,36-,38+,39+,43-/m0/s1. The second kappa shape index (κ2) is 14.8. The van der Waals surface area contributed by atoms with Gasteiger partial charge in [-0.1, -0.05) is 103 Å². The first-order valence-corrected chi connectivity index (χ1v) is 18.4. The Morgan fingerprint density at radius 3 is 2.25 bits per heavy atom. The van der Waals surface area contributed by atoms with Gasteiger partial charge in [-0.25, -0.2) is 0 Å². The number of anilines is 1. The number of allylic oxidation sites excluding steroid dienone is 1. The highest BCUT2D eigenvalue weighted by atomic mass is 16.6. The van der Waals surface area contributed by atoms with Crippen molar-refractivity contribution in [3.05, 3.63) is 125 Å². The summed E-state index contributed by atoms with van der Waals surface area (Å²) in [5.74, 6) is -3.73. The number of rotatable bonds is 6. The summed E-state index contributed by atoms with van der Waals surface area (Å²) in [6.45, 7) is 5.48. The van der Waals surface area contributed by atoms with E-state index in [0.717, 1.165) is 16.7 Å². The van der Waals surface area contributed by atoms with E-state index in [1.165, 1.54) is 4.90 Å². The average Bonchev–Trinajstić information content (AvgIpc) is 3.81. The Morgan fingerprint density at radius 2 is 1.57 bits per heavy atom. The molecule has 0 radical (unpaired) electrons. The number of likely N-dealkylation sites (tertiary alicyclic amines) is 1. The van der Waals surface area contributed by atoms with Gasteiger partial charge in [0.2, 0.25) is 11.8 Å². The summed E-state index contributed by atoms with van der Waals surface area (Å²) in [5, 5.41) is 11.0. The van der Waals surface area contributed by atoms with E-state index in [2.05, 4.69) is 0 Å². The summed E-state index contributed by atoms with van der Waals surface area (Å²) in [6.07, 6.45) is 6.61. The molecule has 3 aromatic carbocycles. The van der Waals surface area contributed by atoms with E-state index >= 15 is 9.59 Å². The minimum atomic E-state index is -1.49. The number of fused-ring (bicyclic) bond motifs is 2. The van der Waals surface area contributed by atoms with Crippen molar-refractivity contribution < 1.29 is 33.8 Å². The van der Waals surface area contributed by atoms with Gasteiger partial charge < -0.3 is 29.3 Å². The third-order valence-electron chi connectivity index (χ3n) is 11.5. The molecule has 276 valence electrons. The summed E-state index contributed by atoms with van der Waals surface area (Å²) >= 11 is 0. The van der Waals surface area contributed by atoms with Gasteiger partial charge in [0, 0.05) is 25.7 Å². The number of aliphatic hydroxyl groups excluding tert-OH is 1. The number of amides is 3. The van der Waals surface area contributed by atoms with Gasteiger partial charge >= 0.3 is 5.97 Å². The summed E-state index contributed by atoms with van der Waals surface area (Å²) in [7, 11) is 1.71. The largest absolute Gasteiger partial charge is 0.455 e. The average molecular weight is 718 g/mol. The zero-order chi connectivity index (χ0) is 37.4. The zero-order valence-electron chi connectivity index (χ0n) is 30.6. The predicted octanol–water partition coefficient (Wildman–Crippen LogP) is 4.87. The smallest absolute Gasteiger partial charge is 0.313 e. The molecular weight excluding hydrogens is 670 g/mol. The molecule has 3 aromatic rings. The maximum absolute atomic E-state index is 15.4. The fourth-order valence-electron chi connectivity index (χ4n) is 8.76. The molecule has 2 fully saturated rings. The first kappa shape index (κ1) is 36.3. The van der Waals surface area contributed by atoms with Gasteiger partial charge in [-0.05, 0) is 55.9 Å². The highest BCUT2D eigenvalue weighted by Gasteiger charge is 2.74. The topological polar surface area (TPSA) is 117 Å². The van der Waals surface area contributed by atoms with Gasteiger partial charge in [0.15, 0.2) is 0 Å². The molecule has 5 bridgehead atoms. The Balaban J connectivity index is 1.38. The molecule has 3 amide bonds. The van der Waals surface area contributed by atoms with E-state index in [1.807, 2.05) is 112 Å². The van der Waals surface area contributed by atoms with Gasteiger partial charge in [-0.2, -0.15) is 0 Å². The normalized spacial score (nSPS) is 30.1. The van der Waals surface area contributed by atoms with Crippen LogP contribution in [0.4, 0.5) is 5.69 Å². The first-order valence-electron chi connectivity index (χ1n) is 18.4. The maximum Gasteiger partial charge on any atom is 0.313 e. The highest BCUT2D eigenvalue weighted by molar-refractivity contribution is 6.06. The lowest BCUT2D eigenvalue weighted by Gasteiger charge is -2.39. The molecule has 4 aliphatic rings. The maximum atomic E-state index is 15.4. The number of carbonyl (C=O) groups excluding carboxylic acids is 4. The van der Waals surface area contributed by atoms with Crippen LogP contribution in [-0.2, 0) is 35.1 Å². The third-order valence-corrected chi connectivity index (χ3v) is 11.5. The summed E-state index contributed by atoms with van der Waals surface area (Å²) < 4.78 is 13.1. The van der Waals surface area contributed by atoms with Crippen molar-refractivity contribution in [1.29, 1.82) is 0 Å². The molecule has 2 saturated heterocycles. The lowest BCUT2D eigenvalue weighted by atomic mass is 9.74. The minimum absolute atomic E-state index is 0.116. The fourth-order valence-corrected chi connectivity index (χ4v) is 8.76. The number of hydrogen-bond donors (Lipinski definition) is 1. The van der Waals surface area contributed by atoms with Crippen LogP contribution in [-0.4, -0.2) is 88.6 Å². The molecule has 4 aliphatic heterocycles. The van der Waals surface area contributed by atoms with Crippen LogP contribution in [0, 0.1) is 25.7 Å². The first-order chi connectivity index (χ1) is 25.6. The summed E-state index contributed by atoms with van der Waals surface area (Å²) in [4.78, 5) is 63.3. The molecule has 4 heterocycles. The number of aliphatic hydroxyl groups is 1. The van der Waals surface area contributed by atoms with Crippen LogP contribution in [0.3, 0.4) is 0 Å². The van der Waals surface area contributed by atoms with Crippen molar-refractivity contribution in [2.24, 2.45) is 11.8 Å². The molecule has 0 aliphatic carbocycles. The Bertz CT molecular complexity index is 1910. The van der Waals surface area contributed by atoms with Crippen LogP contribution in [0.2, 0.25) is 0 Å². The lowest BCUT2D eigenvalue weighted by Crippen LogP contribution is -2.59. The molecule has 7 rings (SSSR count). The number of ether oxygens (including phenoxy) is 2. The zero-order valence-corrected chi connectivity index (χ0v) is 30.6. The molecule has 8 atom stereocenters. The van der Waals surface area contributed by atoms with E-state index in [1.54, 1.807) is 29.0 Å². The van der Waals surface area contributed by atoms with Crippen molar-refractivity contribution in [3.63, 3.8) is 0 Å². The van der Waals surface area contributed by atoms with Crippen LogP contribution in [0.15, 0.2) is 103 Å². The second-order valence-corrected chi connectivity index (χ2v) is 14.7. The molecule has 1 N–H and O–H groups in total. The van der Waals surface area contributed by atoms with Gasteiger partial charge in [-0.15, -0.1) is 0 Å². The van der Waals surface area contributed by atoms with Crippen LogP contribution in [0.5, 0.6) is 0 Å². The third kappa shape index (κ3) is 6.38. The monoisotopic (exact) mass is 717 g/mol. The number of cyclic esters (lactones) is 1. The van der Waals surface area contributed by atoms with E-state index < -0.39 is 66.3 Å². The number of esters is 1. The number of aryl methyl sites for hydroxylation is 2. The number of benzene rings is 3. The molecule has 0 aromatic heterocycles. The molecule has 10 heteroatoms. The number of hydrogen-bond acceptors (Lipinski definition) is 7. The molecule has 10 nitrogen and oxygen atoms in total. The Morgan fingerprint density at radius 1 is 0.887 bits per heavy atom. The van der Waals surface area contributed by atoms with Crippen molar-refractivity contribution in [2.45, 2.75) is 76.0 Å². The second-order valence-electron chi connectivity index (χ2n) is 14.7. The van der Waals surface area contributed by atoms with Crippen molar-refractivity contribution in [1.82, 2.24) is 9.80 Å². The van der Waals surface area contributed by atoms with Gasteiger partial charge in [0.25, 0.3) is 5.91 Å². The van der Waals surface area contributed by atoms with Crippen LogP contribution < -0.4 is 4.90 Å². The SMILES string of the molecule is Cc1cccc(C)c1N1C/C=C\CCC(=O)N(C)[C@@H](C)[C@H](c2ccccc2)OC(=O)[C@@H]2[C@H]3C(=O)N([C@@H](CO)Cc4ccccc4)[C@H](C1=O)[C@]31C=C[C@H]2O1.